The molecule has 0 atom stereocenters. The van der Waals surface area contributed by atoms with Gasteiger partial charge in [-0.15, -0.1) is 5.10 Å². The maximum Gasteiger partial charge on any atom is 0.278 e. The second-order valence-corrected chi connectivity index (χ2v) is 5.29. The average Bonchev–Trinajstić information content (AvgIpc) is 2.89. The van der Waals surface area contributed by atoms with Gasteiger partial charge in [-0.25, -0.2) is 9.07 Å². The third-order valence-corrected chi connectivity index (χ3v) is 3.51. The van der Waals surface area contributed by atoms with Crippen LogP contribution >= 0.6 is 11.6 Å². The molecule has 0 radical (unpaired) electrons. The molecular formula is C16H12ClFN4O. The number of nitrogens with one attached hydrogen (secondary N) is 1. The van der Waals surface area contributed by atoms with E-state index in [0.717, 1.165) is 0 Å². The van der Waals surface area contributed by atoms with Crippen molar-refractivity contribution in [3.63, 3.8) is 0 Å². The van der Waals surface area contributed by atoms with Gasteiger partial charge >= 0.3 is 0 Å². The normalized spacial score (nSPS) is 10.6. The van der Waals surface area contributed by atoms with E-state index in [2.05, 4.69) is 15.6 Å². The Balaban J connectivity index is 1.90. The highest BCUT2D eigenvalue weighted by atomic mass is 35.5. The zero-order chi connectivity index (χ0) is 16.4. The smallest absolute Gasteiger partial charge is 0.278 e. The van der Waals surface area contributed by atoms with Crippen LogP contribution in [-0.2, 0) is 0 Å². The topological polar surface area (TPSA) is 59.8 Å². The average molecular weight is 331 g/mol. The summed E-state index contributed by atoms with van der Waals surface area (Å²) in [5.41, 5.74) is 1.34. The van der Waals surface area contributed by atoms with Crippen molar-refractivity contribution < 1.29 is 9.18 Å². The molecule has 5 nitrogen and oxygen atoms in total. The summed E-state index contributed by atoms with van der Waals surface area (Å²) >= 11 is 5.88. The third-order valence-electron chi connectivity index (χ3n) is 3.27. The lowest BCUT2D eigenvalue weighted by Crippen LogP contribution is -2.14. The van der Waals surface area contributed by atoms with E-state index in [1.807, 2.05) is 0 Å². The fraction of sp³-hybridized carbons (Fsp3) is 0.0625. The number of carbonyl (C=O) groups is 1. The number of para-hydroxylation sites is 1. The lowest BCUT2D eigenvalue weighted by atomic mass is 10.2. The van der Waals surface area contributed by atoms with E-state index < -0.39 is 11.7 Å². The molecule has 0 saturated heterocycles. The summed E-state index contributed by atoms with van der Waals surface area (Å²) in [6.45, 7) is 1.65. The number of amides is 1. The van der Waals surface area contributed by atoms with Gasteiger partial charge in [-0.2, -0.15) is 0 Å². The first-order valence-corrected chi connectivity index (χ1v) is 7.18. The Morgan fingerprint density at radius 3 is 2.74 bits per heavy atom. The highest BCUT2D eigenvalue weighted by Gasteiger charge is 2.18. The summed E-state index contributed by atoms with van der Waals surface area (Å²) in [5, 5.41) is 10.9. The largest absolute Gasteiger partial charge is 0.320 e. The van der Waals surface area contributed by atoms with E-state index in [-0.39, 0.29) is 11.4 Å². The predicted molar refractivity (Wildman–Crippen MR) is 85.5 cm³/mol. The van der Waals surface area contributed by atoms with Crippen LogP contribution in [0, 0.1) is 12.7 Å². The number of nitrogens with zero attached hydrogens (tertiary/aromatic N) is 3. The highest BCUT2D eigenvalue weighted by Crippen LogP contribution is 2.18. The molecule has 2 aromatic carbocycles. The van der Waals surface area contributed by atoms with Crippen molar-refractivity contribution in [2.24, 2.45) is 0 Å². The molecule has 3 rings (SSSR count). The highest BCUT2D eigenvalue weighted by molar-refractivity contribution is 6.30. The number of rotatable bonds is 3. The summed E-state index contributed by atoms with van der Waals surface area (Å²) in [6.07, 6.45) is 0. The van der Waals surface area contributed by atoms with Gasteiger partial charge in [-0.3, -0.25) is 4.79 Å². The van der Waals surface area contributed by atoms with Gasteiger partial charge in [0.2, 0.25) is 0 Å². The Hall–Kier alpha value is -2.73. The molecular weight excluding hydrogens is 319 g/mol. The monoisotopic (exact) mass is 330 g/mol. The quantitative estimate of drug-likeness (QED) is 0.798. The second kappa shape index (κ2) is 6.18. The van der Waals surface area contributed by atoms with Gasteiger partial charge in [0, 0.05) is 10.7 Å². The van der Waals surface area contributed by atoms with Crippen molar-refractivity contribution in [1.82, 2.24) is 15.0 Å². The minimum atomic E-state index is -0.442. The number of hydrogen-bond donors (Lipinski definition) is 1. The second-order valence-electron chi connectivity index (χ2n) is 4.85. The number of halogens is 2. The van der Waals surface area contributed by atoms with E-state index in [1.54, 1.807) is 49.4 Å². The minimum Gasteiger partial charge on any atom is -0.320 e. The van der Waals surface area contributed by atoms with Gasteiger partial charge < -0.3 is 5.32 Å². The van der Waals surface area contributed by atoms with Crippen LogP contribution in [0.2, 0.25) is 5.02 Å². The standard InChI is InChI=1S/C16H12ClFN4O/c1-10-15(16(23)19-12-6-4-5-11(17)9-12)20-21-22(10)14-8-3-2-7-13(14)18/h2-9H,1H3,(H,19,23). The molecule has 0 spiro atoms. The van der Waals surface area contributed by atoms with Crippen molar-refractivity contribution in [3.8, 4) is 5.69 Å². The molecule has 0 aliphatic rings. The Labute approximate surface area is 136 Å². The number of hydrogen-bond acceptors (Lipinski definition) is 3. The molecule has 1 N–H and O–H groups in total. The first-order chi connectivity index (χ1) is 11.1. The van der Waals surface area contributed by atoms with Crippen LogP contribution < -0.4 is 5.32 Å². The van der Waals surface area contributed by atoms with E-state index >= 15 is 0 Å². The maximum atomic E-state index is 13.9. The van der Waals surface area contributed by atoms with Crippen molar-refractivity contribution in [2.75, 3.05) is 5.32 Å². The summed E-state index contributed by atoms with van der Waals surface area (Å²) < 4.78 is 15.1. The lowest BCUT2D eigenvalue weighted by Gasteiger charge is -2.06. The Kier molecular flexibility index (Phi) is 4.08. The van der Waals surface area contributed by atoms with Gasteiger partial charge in [0.1, 0.15) is 11.5 Å². The van der Waals surface area contributed by atoms with Crippen LogP contribution in [0.5, 0.6) is 0 Å². The van der Waals surface area contributed by atoms with Crippen molar-refractivity contribution >= 4 is 23.2 Å². The first kappa shape index (κ1) is 15.2. The van der Waals surface area contributed by atoms with Gasteiger partial charge in [-0.05, 0) is 37.3 Å². The fourth-order valence-electron chi connectivity index (χ4n) is 2.15. The van der Waals surface area contributed by atoms with Crippen LogP contribution in [0.15, 0.2) is 48.5 Å². The minimum absolute atomic E-state index is 0.119. The molecule has 0 aliphatic heterocycles. The Morgan fingerprint density at radius 2 is 2.00 bits per heavy atom. The molecule has 0 aliphatic carbocycles. The molecule has 1 aromatic heterocycles. The molecule has 1 heterocycles. The molecule has 1 amide bonds. The fourth-order valence-corrected chi connectivity index (χ4v) is 2.34. The van der Waals surface area contributed by atoms with Crippen molar-refractivity contribution in [3.05, 3.63) is 70.8 Å². The summed E-state index contributed by atoms with van der Waals surface area (Å²) in [6, 6.07) is 12.9. The van der Waals surface area contributed by atoms with Crippen LogP contribution in [0.3, 0.4) is 0 Å². The first-order valence-electron chi connectivity index (χ1n) is 6.80. The van der Waals surface area contributed by atoms with Crippen LogP contribution in [0.1, 0.15) is 16.2 Å². The molecule has 3 aromatic rings. The molecule has 116 valence electrons. The van der Waals surface area contributed by atoms with E-state index in [0.29, 0.717) is 16.4 Å². The van der Waals surface area contributed by atoms with E-state index in [1.165, 1.54) is 10.7 Å². The molecule has 23 heavy (non-hydrogen) atoms. The number of benzene rings is 2. The summed E-state index contributed by atoms with van der Waals surface area (Å²) in [5.74, 6) is -0.880. The summed E-state index contributed by atoms with van der Waals surface area (Å²) in [4.78, 5) is 12.3. The van der Waals surface area contributed by atoms with Crippen LogP contribution in [-0.4, -0.2) is 20.9 Å². The molecule has 0 unspecified atom stereocenters. The van der Waals surface area contributed by atoms with Crippen molar-refractivity contribution in [1.29, 1.82) is 0 Å². The zero-order valence-electron chi connectivity index (χ0n) is 12.1. The molecule has 0 bridgehead atoms. The Bertz CT molecular complexity index is 878. The van der Waals surface area contributed by atoms with Crippen molar-refractivity contribution in [2.45, 2.75) is 6.92 Å². The zero-order valence-corrected chi connectivity index (χ0v) is 12.9. The van der Waals surface area contributed by atoms with Crippen LogP contribution in [0.25, 0.3) is 5.69 Å². The van der Waals surface area contributed by atoms with Gasteiger partial charge in [-0.1, -0.05) is 35.0 Å². The Morgan fingerprint density at radius 1 is 1.22 bits per heavy atom. The van der Waals surface area contributed by atoms with Gasteiger partial charge in [0.25, 0.3) is 5.91 Å². The number of anilines is 1. The summed E-state index contributed by atoms with van der Waals surface area (Å²) in [7, 11) is 0. The van der Waals surface area contributed by atoms with E-state index in [9.17, 15) is 9.18 Å². The lowest BCUT2D eigenvalue weighted by molar-refractivity contribution is 0.102. The van der Waals surface area contributed by atoms with E-state index in [4.69, 9.17) is 11.6 Å². The number of aromatic nitrogens is 3. The van der Waals surface area contributed by atoms with Gasteiger partial charge in [0.15, 0.2) is 5.69 Å². The predicted octanol–water partition coefficient (Wildman–Crippen LogP) is 3.62. The molecule has 0 fully saturated rings. The maximum absolute atomic E-state index is 13.9. The third kappa shape index (κ3) is 3.07. The SMILES string of the molecule is Cc1c(C(=O)Nc2cccc(Cl)c2)nnn1-c1ccccc1F. The van der Waals surface area contributed by atoms with Crippen LogP contribution in [0.4, 0.5) is 10.1 Å². The number of carbonyl (C=O) groups excluding carboxylic acids is 1. The molecule has 0 saturated carbocycles. The van der Waals surface area contributed by atoms with Gasteiger partial charge in [0.05, 0.1) is 5.69 Å². The molecule has 7 heteroatoms.